The summed E-state index contributed by atoms with van der Waals surface area (Å²) in [6, 6.07) is 6.28. The first-order chi connectivity index (χ1) is 7.29. The molecule has 0 aromatic heterocycles. The summed E-state index contributed by atoms with van der Waals surface area (Å²) in [4.78, 5) is 0. The zero-order valence-electron chi connectivity index (χ0n) is 9.17. The quantitative estimate of drug-likeness (QED) is 0.663. The van der Waals surface area contributed by atoms with Crippen molar-refractivity contribution in [1.82, 2.24) is 0 Å². The van der Waals surface area contributed by atoms with Crippen molar-refractivity contribution in [1.29, 1.82) is 0 Å². The molecule has 0 spiro atoms. The number of aryl methyl sites for hydroxylation is 1. The van der Waals surface area contributed by atoms with Gasteiger partial charge in [-0.25, -0.2) is 0 Å². The molecule has 1 aromatic rings. The maximum absolute atomic E-state index is 5.73. The molecule has 0 amide bonds. The van der Waals surface area contributed by atoms with Crippen LogP contribution in [0.1, 0.15) is 30.9 Å². The van der Waals surface area contributed by atoms with E-state index in [2.05, 4.69) is 32.0 Å². The molecule has 0 aliphatic carbocycles. The van der Waals surface area contributed by atoms with Crippen molar-refractivity contribution >= 4 is 44.9 Å². The average molecular weight is 417 g/mol. The molecule has 1 rings (SSSR count). The summed E-state index contributed by atoms with van der Waals surface area (Å²) in [5.41, 5.74) is 2.71. The van der Waals surface area contributed by atoms with Crippen molar-refractivity contribution in [3.8, 4) is 5.75 Å². The summed E-state index contributed by atoms with van der Waals surface area (Å²) in [6.07, 6.45) is 3.57. The Morgan fingerprint density at radius 1 is 1.40 bits per heavy atom. The van der Waals surface area contributed by atoms with Crippen LogP contribution in [0.15, 0.2) is 18.2 Å². The predicted octanol–water partition coefficient (Wildman–Crippen LogP) is 2.35. The van der Waals surface area contributed by atoms with Crippen LogP contribution in [0.3, 0.4) is 0 Å². The van der Waals surface area contributed by atoms with Crippen molar-refractivity contribution in [3.63, 3.8) is 0 Å². The van der Waals surface area contributed by atoms with E-state index in [1.54, 1.807) is 0 Å². The van der Waals surface area contributed by atoms with Gasteiger partial charge >= 0.3 is 118 Å². The molecule has 1 aromatic carbocycles. The van der Waals surface area contributed by atoms with Gasteiger partial charge in [-0.05, 0) is 0 Å². The van der Waals surface area contributed by atoms with Gasteiger partial charge in [-0.1, -0.05) is 0 Å². The van der Waals surface area contributed by atoms with Crippen LogP contribution in [0.25, 0.3) is 0 Å². The van der Waals surface area contributed by atoms with Crippen molar-refractivity contribution in [3.05, 3.63) is 29.3 Å². The number of benzene rings is 1. The van der Waals surface area contributed by atoms with Gasteiger partial charge < -0.3 is 0 Å². The van der Waals surface area contributed by atoms with E-state index < -0.39 is 22.0 Å². The molecular formula is C11H15O2Sn2. The third-order valence-corrected chi connectivity index (χ3v) is 5.04. The molecule has 2 nitrogen and oxygen atoms in total. The summed E-state index contributed by atoms with van der Waals surface area (Å²) >= 11 is 0.0652. The third kappa shape index (κ3) is 4.52. The van der Waals surface area contributed by atoms with Crippen LogP contribution in [0.4, 0.5) is 0 Å². The van der Waals surface area contributed by atoms with Crippen molar-refractivity contribution in [2.75, 3.05) is 0 Å². The van der Waals surface area contributed by atoms with Gasteiger partial charge in [-0.2, -0.15) is 0 Å². The molecule has 0 saturated carbocycles. The van der Waals surface area contributed by atoms with E-state index in [9.17, 15) is 0 Å². The first-order valence-electron chi connectivity index (χ1n) is 5.12. The molecule has 0 fully saturated rings. The number of hydrogen-bond acceptors (Lipinski definition) is 2. The summed E-state index contributed by atoms with van der Waals surface area (Å²) in [5.74, 6) is 1.05. The van der Waals surface area contributed by atoms with E-state index in [-0.39, 0.29) is 0 Å². The zero-order chi connectivity index (χ0) is 11.1. The van der Waals surface area contributed by atoms with Gasteiger partial charge in [0, 0.05) is 0 Å². The van der Waals surface area contributed by atoms with Crippen LogP contribution in [-0.2, 0) is 7.83 Å². The molecule has 0 atom stereocenters. The summed E-state index contributed by atoms with van der Waals surface area (Å²) in [7, 11) is 0. The second kappa shape index (κ2) is 7.79. The molecule has 15 heavy (non-hydrogen) atoms. The fourth-order valence-corrected chi connectivity index (χ4v) is 3.23. The van der Waals surface area contributed by atoms with Crippen LogP contribution < -0.4 is 3.07 Å². The first-order valence-corrected chi connectivity index (χ1v) is 8.62. The van der Waals surface area contributed by atoms with Crippen LogP contribution in [-0.4, -0.2) is 44.9 Å². The molecule has 0 bridgehead atoms. The Labute approximate surface area is 117 Å². The van der Waals surface area contributed by atoms with Crippen molar-refractivity contribution < 1.29 is 4.49 Å². The molecule has 0 aliphatic rings. The fourth-order valence-electron chi connectivity index (χ4n) is 1.51. The standard InChI is InChI=1S/C11H16O.O.2Sn/c1-3-4-7-10-9(2)6-5-8-11(10)12;;;/h5-6,8,12H,3-4,7H2,1-2H3;;;/q;;;+1/p-1. The zero-order valence-corrected chi connectivity index (χ0v) is 14.9. The number of rotatable bonds is 6. The molecule has 0 N–H and O–H groups in total. The topological polar surface area (TPSA) is 18.5 Å². The Hall–Kier alpha value is 0.577. The van der Waals surface area contributed by atoms with Crippen LogP contribution in [0.5, 0.6) is 5.75 Å². The van der Waals surface area contributed by atoms with E-state index in [0.29, 0.717) is 0 Å². The van der Waals surface area contributed by atoms with Crippen LogP contribution >= 0.6 is 0 Å². The van der Waals surface area contributed by atoms with E-state index in [1.165, 1.54) is 24.0 Å². The monoisotopic (exact) mass is 419 g/mol. The molecule has 5 radical (unpaired) electrons. The molecule has 4 heteroatoms. The molecule has 0 unspecified atom stereocenters. The SMILES string of the molecule is CCCCc1c(C)cccc1[O][Sn][O][Sn]. The Morgan fingerprint density at radius 3 is 2.87 bits per heavy atom. The average Bonchev–Trinajstić information content (AvgIpc) is 2.25. The minimum absolute atomic E-state index is 1.05. The normalized spacial score (nSPS) is 10.3. The Kier molecular flexibility index (Phi) is 7.08. The number of hydrogen-bond donors (Lipinski definition) is 0. The van der Waals surface area contributed by atoms with E-state index in [0.717, 1.165) is 35.1 Å². The Morgan fingerprint density at radius 2 is 2.20 bits per heavy atom. The van der Waals surface area contributed by atoms with E-state index in [1.807, 2.05) is 0 Å². The van der Waals surface area contributed by atoms with E-state index >= 15 is 0 Å². The number of unbranched alkanes of at least 4 members (excludes halogenated alkanes) is 1. The molecule has 79 valence electrons. The first kappa shape index (κ1) is 13.6. The fraction of sp³-hybridized carbons (Fsp3) is 0.455. The summed E-state index contributed by atoms with van der Waals surface area (Å²) in [5, 5.41) is 0. The van der Waals surface area contributed by atoms with Crippen LogP contribution in [0, 0.1) is 6.92 Å². The predicted molar refractivity (Wildman–Crippen MR) is 63.0 cm³/mol. The van der Waals surface area contributed by atoms with Gasteiger partial charge in [-0.15, -0.1) is 0 Å². The second-order valence-corrected chi connectivity index (χ2v) is 8.99. The van der Waals surface area contributed by atoms with Gasteiger partial charge in [0.15, 0.2) is 0 Å². The van der Waals surface area contributed by atoms with Crippen LogP contribution in [0.2, 0.25) is 0 Å². The third-order valence-electron chi connectivity index (χ3n) is 2.34. The minimum atomic E-state index is -1.06. The van der Waals surface area contributed by atoms with Gasteiger partial charge in [-0.3, -0.25) is 0 Å². The van der Waals surface area contributed by atoms with Gasteiger partial charge in [0.2, 0.25) is 0 Å². The van der Waals surface area contributed by atoms with E-state index in [4.69, 9.17) is 4.49 Å². The molecular weight excluding hydrogens is 402 g/mol. The maximum atomic E-state index is 5.73. The second-order valence-electron chi connectivity index (χ2n) is 3.44. The molecule has 0 aliphatic heterocycles. The van der Waals surface area contributed by atoms with Gasteiger partial charge in [0.25, 0.3) is 0 Å². The molecule has 0 saturated heterocycles. The summed E-state index contributed by atoms with van der Waals surface area (Å²) < 4.78 is 10.9. The Balaban J connectivity index is 2.77. The molecule has 0 heterocycles. The van der Waals surface area contributed by atoms with Gasteiger partial charge in [0.1, 0.15) is 0 Å². The van der Waals surface area contributed by atoms with Crippen molar-refractivity contribution in [2.45, 2.75) is 33.1 Å². The Bertz CT molecular complexity index is 303. The summed E-state index contributed by atoms with van der Waals surface area (Å²) in [6.45, 7) is 4.37. The van der Waals surface area contributed by atoms with Crippen molar-refractivity contribution in [2.24, 2.45) is 0 Å². The van der Waals surface area contributed by atoms with Gasteiger partial charge in [0.05, 0.1) is 0 Å².